The van der Waals surface area contributed by atoms with E-state index in [1.54, 1.807) is 6.07 Å². The van der Waals surface area contributed by atoms with Crippen LogP contribution in [0.4, 0.5) is 10.1 Å². The zero-order chi connectivity index (χ0) is 15.8. The molecule has 0 aromatic heterocycles. The molecule has 0 aliphatic rings. The summed E-state index contributed by atoms with van der Waals surface area (Å²) < 4.78 is 14.5. The predicted octanol–water partition coefficient (Wildman–Crippen LogP) is 4.76. The minimum absolute atomic E-state index is 0.106. The summed E-state index contributed by atoms with van der Waals surface area (Å²) in [6, 6.07) is 5.60. The van der Waals surface area contributed by atoms with Gasteiger partial charge in [0.25, 0.3) is 0 Å². The van der Waals surface area contributed by atoms with Crippen LogP contribution in [0.2, 0.25) is 0 Å². The van der Waals surface area contributed by atoms with Gasteiger partial charge in [-0.3, -0.25) is 0 Å². The molecule has 1 unspecified atom stereocenters. The number of para-hydroxylation sites is 1. The van der Waals surface area contributed by atoms with Gasteiger partial charge in [-0.25, -0.2) is 4.39 Å². The number of anilines is 1. The zero-order valence-corrected chi connectivity index (χ0v) is 14.2. The van der Waals surface area contributed by atoms with Crippen molar-refractivity contribution in [2.45, 2.75) is 53.5 Å². The fourth-order valence-electron chi connectivity index (χ4n) is 2.87. The largest absolute Gasteiger partial charge is 0.369 e. The first-order chi connectivity index (χ1) is 10.1. The maximum Gasteiger partial charge on any atom is 0.146 e. The van der Waals surface area contributed by atoms with E-state index in [1.807, 2.05) is 12.1 Å². The Morgan fingerprint density at radius 2 is 1.81 bits per heavy atom. The predicted molar refractivity (Wildman–Crippen MR) is 90.5 cm³/mol. The molecule has 0 saturated carbocycles. The second kappa shape index (κ2) is 9.04. The third-order valence-electron chi connectivity index (χ3n) is 4.33. The van der Waals surface area contributed by atoms with Gasteiger partial charge < -0.3 is 10.2 Å². The molecule has 0 bridgehead atoms. The third-order valence-corrected chi connectivity index (χ3v) is 4.33. The van der Waals surface area contributed by atoms with E-state index in [4.69, 9.17) is 0 Å². The Morgan fingerprint density at radius 1 is 1.14 bits per heavy atom. The highest BCUT2D eigenvalue weighted by Crippen LogP contribution is 2.30. The minimum atomic E-state index is -0.106. The number of rotatable bonds is 9. The van der Waals surface area contributed by atoms with E-state index < -0.39 is 0 Å². The molecule has 21 heavy (non-hydrogen) atoms. The molecule has 2 nitrogen and oxygen atoms in total. The summed E-state index contributed by atoms with van der Waals surface area (Å²) >= 11 is 0. The van der Waals surface area contributed by atoms with Crippen LogP contribution < -0.4 is 10.2 Å². The van der Waals surface area contributed by atoms with Gasteiger partial charge >= 0.3 is 0 Å². The van der Waals surface area contributed by atoms with Crippen LogP contribution in [0.25, 0.3) is 0 Å². The highest BCUT2D eigenvalue weighted by molar-refractivity contribution is 5.56. The molecule has 1 aromatic rings. The molecule has 1 atom stereocenters. The summed E-state index contributed by atoms with van der Waals surface area (Å²) in [4.78, 5) is 2.20. The first-order valence-electron chi connectivity index (χ1n) is 8.35. The maximum absolute atomic E-state index is 14.5. The van der Waals surface area contributed by atoms with Crippen molar-refractivity contribution in [3.63, 3.8) is 0 Å². The van der Waals surface area contributed by atoms with Gasteiger partial charge in [0.15, 0.2) is 0 Å². The fraction of sp³-hybridized carbons (Fsp3) is 0.667. The molecule has 1 N–H and O–H groups in total. The monoisotopic (exact) mass is 294 g/mol. The van der Waals surface area contributed by atoms with E-state index in [2.05, 4.69) is 44.8 Å². The van der Waals surface area contributed by atoms with Gasteiger partial charge in [-0.2, -0.15) is 0 Å². The molecule has 1 aromatic carbocycles. The highest BCUT2D eigenvalue weighted by Gasteiger charge is 2.20. The molecule has 0 fully saturated rings. The lowest BCUT2D eigenvalue weighted by molar-refractivity contribution is 0.479. The molecule has 3 heteroatoms. The number of hydrogen-bond donors (Lipinski definition) is 1. The molecule has 0 spiro atoms. The number of halogens is 1. The molecule has 0 amide bonds. The Morgan fingerprint density at radius 3 is 2.33 bits per heavy atom. The summed E-state index contributed by atoms with van der Waals surface area (Å²) in [5.41, 5.74) is 1.84. The Kier molecular flexibility index (Phi) is 7.73. The summed E-state index contributed by atoms with van der Waals surface area (Å²) in [5, 5.41) is 3.40. The normalized spacial score (nSPS) is 12.7. The molecule has 0 aliphatic carbocycles. The Balaban J connectivity index is 3.12. The lowest BCUT2D eigenvalue weighted by atomic mass is 10.00. The quantitative estimate of drug-likeness (QED) is 0.706. The van der Waals surface area contributed by atoms with E-state index >= 15 is 0 Å². The molecule has 0 heterocycles. The van der Waals surface area contributed by atoms with E-state index in [9.17, 15) is 4.39 Å². The summed E-state index contributed by atoms with van der Waals surface area (Å²) in [7, 11) is 0. The van der Waals surface area contributed by atoms with Crippen LogP contribution in [0.15, 0.2) is 18.2 Å². The van der Waals surface area contributed by atoms with Crippen LogP contribution >= 0.6 is 0 Å². The Hall–Kier alpha value is -1.09. The number of benzene rings is 1. The molecule has 1 rings (SSSR count). The maximum atomic E-state index is 14.5. The average Bonchev–Trinajstić information content (AvgIpc) is 2.49. The van der Waals surface area contributed by atoms with Gasteiger partial charge in [0.05, 0.1) is 5.69 Å². The lowest BCUT2D eigenvalue weighted by Gasteiger charge is -2.31. The van der Waals surface area contributed by atoms with Crippen molar-refractivity contribution in [1.82, 2.24) is 5.32 Å². The Labute approximate surface area is 129 Å². The van der Waals surface area contributed by atoms with Crippen LogP contribution in [0.1, 0.15) is 59.1 Å². The van der Waals surface area contributed by atoms with Crippen LogP contribution in [0, 0.1) is 11.7 Å². The third kappa shape index (κ3) is 4.70. The molecule has 0 saturated heterocycles. The number of nitrogens with zero attached hydrogens (tertiary/aromatic N) is 1. The van der Waals surface area contributed by atoms with E-state index in [1.165, 1.54) is 0 Å². The Bertz CT molecular complexity index is 416. The molecular weight excluding hydrogens is 263 g/mol. The zero-order valence-electron chi connectivity index (χ0n) is 14.2. The van der Waals surface area contributed by atoms with Crippen molar-refractivity contribution in [3.05, 3.63) is 29.6 Å². The summed E-state index contributed by atoms with van der Waals surface area (Å²) in [5.74, 6) is 0.511. The van der Waals surface area contributed by atoms with E-state index in [-0.39, 0.29) is 11.9 Å². The fourth-order valence-corrected chi connectivity index (χ4v) is 2.87. The van der Waals surface area contributed by atoms with Gasteiger partial charge in [-0.1, -0.05) is 45.7 Å². The van der Waals surface area contributed by atoms with Crippen LogP contribution in [-0.4, -0.2) is 19.6 Å². The highest BCUT2D eigenvalue weighted by atomic mass is 19.1. The lowest BCUT2D eigenvalue weighted by Crippen LogP contribution is -2.32. The smallest absolute Gasteiger partial charge is 0.146 e. The number of nitrogens with one attached hydrogen (secondary N) is 1. The van der Waals surface area contributed by atoms with Gasteiger partial charge in [-0.05, 0) is 37.9 Å². The summed E-state index contributed by atoms with van der Waals surface area (Å²) in [6.45, 7) is 13.4. The average molecular weight is 294 g/mol. The molecule has 120 valence electrons. The second-order valence-corrected chi connectivity index (χ2v) is 5.68. The van der Waals surface area contributed by atoms with Gasteiger partial charge in [0.2, 0.25) is 0 Å². The standard InChI is InChI=1S/C18H31FN2/c1-6-15(7-2)13-21(9-4)18-16(14(5)20-8-3)11-10-12-17(18)19/h10-12,14-15,20H,6-9,13H2,1-5H3. The topological polar surface area (TPSA) is 15.3 Å². The van der Waals surface area contributed by atoms with Crippen molar-refractivity contribution in [3.8, 4) is 0 Å². The summed E-state index contributed by atoms with van der Waals surface area (Å²) in [6.07, 6.45) is 2.28. The minimum Gasteiger partial charge on any atom is -0.369 e. The van der Waals surface area contributed by atoms with Gasteiger partial charge in [-0.15, -0.1) is 0 Å². The van der Waals surface area contributed by atoms with E-state index in [0.29, 0.717) is 5.92 Å². The van der Waals surface area contributed by atoms with Crippen LogP contribution in [0.5, 0.6) is 0 Å². The molecule has 0 radical (unpaired) electrons. The van der Waals surface area contributed by atoms with Crippen molar-refractivity contribution >= 4 is 5.69 Å². The second-order valence-electron chi connectivity index (χ2n) is 5.68. The number of hydrogen-bond acceptors (Lipinski definition) is 2. The van der Waals surface area contributed by atoms with Crippen molar-refractivity contribution in [2.75, 3.05) is 24.5 Å². The van der Waals surface area contributed by atoms with Crippen molar-refractivity contribution in [1.29, 1.82) is 0 Å². The van der Waals surface area contributed by atoms with Crippen molar-refractivity contribution in [2.24, 2.45) is 5.92 Å². The first-order valence-corrected chi connectivity index (χ1v) is 8.35. The first kappa shape index (κ1) is 18.0. The van der Waals surface area contributed by atoms with Crippen LogP contribution in [0.3, 0.4) is 0 Å². The van der Waals surface area contributed by atoms with Gasteiger partial charge in [0, 0.05) is 19.1 Å². The SMILES string of the molecule is CCNC(C)c1cccc(F)c1N(CC)CC(CC)CC. The molecular formula is C18H31FN2. The molecule has 0 aliphatic heterocycles. The van der Waals surface area contributed by atoms with E-state index in [0.717, 1.165) is 43.7 Å². The van der Waals surface area contributed by atoms with Crippen molar-refractivity contribution < 1.29 is 4.39 Å². The van der Waals surface area contributed by atoms with Crippen LogP contribution in [-0.2, 0) is 0 Å². The van der Waals surface area contributed by atoms with Gasteiger partial charge in [0.1, 0.15) is 5.82 Å².